The highest BCUT2D eigenvalue weighted by Gasteiger charge is 2.18. The maximum Gasteiger partial charge on any atom is 0.272 e. The van der Waals surface area contributed by atoms with Gasteiger partial charge >= 0.3 is 0 Å². The number of carbonyl (C=O) groups is 2. The maximum absolute atomic E-state index is 13.6. The fraction of sp³-hybridized carbons (Fsp3) is 0.121. The molecular weight excluding hydrogens is 470 g/mol. The lowest BCUT2D eigenvalue weighted by Gasteiger charge is -2.19. The quantitative estimate of drug-likeness (QED) is 0.254. The highest BCUT2D eigenvalue weighted by atomic mass is 16.2. The highest BCUT2D eigenvalue weighted by Crippen LogP contribution is 2.25. The van der Waals surface area contributed by atoms with Crippen molar-refractivity contribution in [3.05, 3.63) is 126 Å². The minimum Gasteiger partial charge on any atom is -0.319 e. The van der Waals surface area contributed by atoms with Gasteiger partial charge in [0.15, 0.2) is 0 Å². The summed E-state index contributed by atoms with van der Waals surface area (Å²) in [7, 11) is 0. The van der Waals surface area contributed by atoms with Crippen LogP contribution in [0.4, 0.5) is 5.69 Å². The Labute approximate surface area is 222 Å². The number of carbonyl (C=O) groups excluding carboxylic acids is 2. The minimum atomic E-state index is -0.434. The summed E-state index contributed by atoms with van der Waals surface area (Å²) in [4.78, 5) is 31.4. The van der Waals surface area contributed by atoms with Gasteiger partial charge in [-0.3, -0.25) is 14.6 Å². The fourth-order valence-corrected chi connectivity index (χ4v) is 4.40. The minimum absolute atomic E-state index is 0.0270. The van der Waals surface area contributed by atoms with Crippen molar-refractivity contribution < 1.29 is 9.59 Å². The lowest BCUT2D eigenvalue weighted by atomic mass is 9.86. The monoisotopic (exact) mass is 499 g/mol. The van der Waals surface area contributed by atoms with Gasteiger partial charge in [0, 0.05) is 17.1 Å². The summed E-state index contributed by atoms with van der Waals surface area (Å²) >= 11 is 0. The molecule has 0 saturated heterocycles. The molecule has 5 nitrogen and oxygen atoms in total. The molecule has 0 unspecified atom stereocenters. The normalized spacial score (nSPS) is 11.9. The van der Waals surface area contributed by atoms with Crippen LogP contribution in [0.15, 0.2) is 109 Å². The zero-order valence-electron chi connectivity index (χ0n) is 21.7. The van der Waals surface area contributed by atoms with Crippen LogP contribution >= 0.6 is 0 Å². The zero-order valence-corrected chi connectivity index (χ0v) is 21.7. The van der Waals surface area contributed by atoms with E-state index >= 15 is 0 Å². The van der Waals surface area contributed by atoms with Crippen LogP contribution in [0.2, 0.25) is 0 Å². The molecule has 1 aromatic heterocycles. The first-order valence-electron chi connectivity index (χ1n) is 12.6. The van der Waals surface area contributed by atoms with Crippen LogP contribution in [-0.4, -0.2) is 16.8 Å². The summed E-state index contributed by atoms with van der Waals surface area (Å²) in [5, 5.41) is 8.75. The summed E-state index contributed by atoms with van der Waals surface area (Å²) in [5.74, 6) is -0.793. The van der Waals surface area contributed by atoms with Crippen LogP contribution in [0.5, 0.6) is 0 Å². The van der Waals surface area contributed by atoms with Crippen LogP contribution in [0, 0.1) is 0 Å². The van der Waals surface area contributed by atoms with Crippen molar-refractivity contribution in [2.24, 2.45) is 0 Å². The molecule has 5 heteroatoms. The Kier molecular flexibility index (Phi) is 6.75. The molecule has 0 bridgehead atoms. The second kappa shape index (κ2) is 10.3. The number of rotatable bonds is 5. The van der Waals surface area contributed by atoms with E-state index in [0.717, 1.165) is 27.3 Å². The molecule has 0 spiro atoms. The Bertz CT molecular complexity index is 1670. The smallest absolute Gasteiger partial charge is 0.272 e. The van der Waals surface area contributed by atoms with Crippen molar-refractivity contribution >= 4 is 45.3 Å². The van der Waals surface area contributed by atoms with E-state index < -0.39 is 5.91 Å². The predicted molar refractivity (Wildman–Crippen MR) is 155 cm³/mol. The van der Waals surface area contributed by atoms with E-state index in [1.165, 1.54) is 0 Å². The molecule has 188 valence electrons. The van der Waals surface area contributed by atoms with E-state index in [0.29, 0.717) is 16.8 Å². The Balaban J connectivity index is 1.52. The number of amides is 2. The molecule has 0 aliphatic rings. The molecule has 4 aromatic carbocycles. The first-order chi connectivity index (χ1) is 18.3. The molecule has 2 amide bonds. The molecule has 0 aliphatic heterocycles. The van der Waals surface area contributed by atoms with Gasteiger partial charge < -0.3 is 10.6 Å². The number of anilines is 1. The number of para-hydroxylation sites is 1. The zero-order chi connectivity index (χ0) is 26.7. The van der Waals surface area contributed by atoms with Crippen LogP contribution in [0.25, 0.3) is 27.8 Å². The second-order valence-electron chi connectivity index (χ2n) is 10.2. The fourth-order valence-electron chi connectivity index (χ4n) is 4.40. The summed E-state index contributed by atoms with van der Waals surface area (Å²) in [6.45, 7) is 6.37. The van der Waals surface area contributed by atoms with Gasteiger partial charge in [0.05, 0.1) is 11.2 Å². The van der Waals surface area contributed by atoms with Gasteiger partial charge in [-0.05, 0) is 57.7 Å². The molecule has 5 rings (SSSR count). The third-order valence-electron chi connectivity index (χ3n) is 6.51. The van der Waals surface area contributed by atoms with Crippen LogP contribution < -0.4 is 10.6 Å². The van der Waals surface area contributed by atoms with Crippen molar-refractivity contribution in [1.82, 2.24) is 10.3 Å². The van der Waals surface area contributed by atoms with Gasteiger partial charge in [-0.2, -0.15) is 0 Å². The standard InChI is InChI=1S/C33H29N3O2/c1-33(2,3)26-18-16-24(17-19-26)31(37)36-29(21-25-12-6-10-22-9-4-5-14-27(22)25)32(38)35-28-15-7-11-23-13-8-20-34-30(23)28/h4-21H,1-3H3,(H,35,38)(H,36,37). The van der Waals surface area contributed by atoms with Gasteiger partial charge in [-0.25, -0.2) is 0 Å². The molecule has 5 aromatic rings. The van der Waals surface area contributed by atoms with Crippen molar-refractivity contribution in [3.8, 4) is 0 Å². The maximum atomic E-state index is 13.6. The van der Waals surface area contributed by atoms with Crippen molar-refractivity contribution in [1.29, 1.82) is 0 Å². The van der Waals surface area contributed by atoms with Crippen LogP contribution in [-0.2, 0) is 10.2 Å². The summed E-state index contributed by atoms with van der Waals surface area (Å²) in [6, 6.07) is 30.7. The second-order valence-corrected chi connectivity index (χ2v) is 10.2. The van der Waals surface area contributed by atoms with Crippen LogP contribution in [0.1, 0.15) is 42.3 Å². The number of nitrogens with zero attached hydrogens (tertiary/aromatic N) is 1. The molecular formula is C33H29N3O2. The van der Waals surface area contributed by atoms with Crippen molar-refractivity contribution in [3.63, 3.8) is 0 Å². The number of fused-ring (bicyclic) bond motifs is 2. The highest BCUT2D eigenvalue weighted by molar-refractivity contribution is 6.13. The van der Waals surface area contributed by atoms with E-state index in [-0.39, 0.29) is 17.0 Å². The van der Waals surface area contributed by atoms with E-state index in [1.54, 1.807) is 30.5 Å². The number of hydrogen-bond acceptors (Lipinski definition) is 3. The van der Waals surface area contributed by atoms with Gasteiger partial charge in [0.1, 0.15) is 5.70 Å². The Hall–Kier alpha value is -4.77. The Morgan fingerprint density at radius 2 is 1.45 bits per heavy atom. The van der Waals surface area contributed by atoms with E-state index in [4.69, 9.17) is 0 Å². The third kappa shape index (κ3) is 5.32. The number of aromatic nitrogens is 1. The largest absolute Gasteiger partial charge is 0.319 e. The molecule has 0 atom stereocenters. The summed E-state index contributed by atoms with van der Waals surface area (Å²) < 4.78 is 0. The summed E-state index contributed by atoms with van der Waals surface area (Å²) in [6.07, 6.45) is 3.41. The number of hydrogen-bond donors (Lipinski definition) is 2. The Morgan fingerprint density at radius 3 is 2.24 bits per heavy atom. The number of pyridine rings is 1. The predicted octanol–water partition coefficient (Wildman–Crippen LogP) is 7.10. The SMILES string of the molecule is CC(C)(C)c1ccc(C(=O)NC(=Cc2cccc3ccccc23)C(=O)Nc2cccc3cccnc23)cc1. The average molecular weight is 500 g/mol. The molecule has 0 fully saturated rings. The first kappa shape index (κ1) is 24.9. The molecule has 38 heavy (non-hydrogen) atoms. The van der Waals surface area contributed by atoms with E-state index in [2.05, 4.69) is 36.4 Å². The Morgan fingerprint density at radius 1 is 0.763 bits per heavy atom. The molecule has 0 saturated carbocycles. The number of nitrogens with one attached hydrogen (secondary N) is 2. The van der Waals surface area contributed by atoms with Gasteiger partial charge in [-0.1, -0.05) is 93.6 Å². The van der Waals surface area contributed by atoms with Gasteiger partial charge in [-0.15, -0.1) is 0 Å². The molecule has 0 aliphatic carbocycles. The first-order valence-corrected chi connectivity index (χ1v) is 12.6. The molecule has 1 heterocycles. The van der Waals surface area contributed by atoms with E-state index in [1.807, 2.05) is 78.9 Å². The lowest BCUT2D eigenvalue weighted by molar-refractivity contribution is -0.113. The lowest BCUT2D eigenvalue weighted by Crippen LogP contribution is -2.31. The van der Waals surface area contributed by atoms with Crippen molar-refractivity contribution in [2.45, 2.75) is 26.2 Å². The van der Waals surface area contributed by atoms with Gasteiger partial charge in [0.25, 0.3) is 11.8 Å². The number of benzene rings is 4. The summed E-state index contributed by atoms with van der Waals surface area (Å²) in [5.41, 5.74) is 3.79. The average Bonchev–Trinajstić information content (AvgIpc) is 2.92. The molecule has 2 N–H and O–H groups in total. The topological polar surface area (TPSA) is 71.1 Å². The van der Waals surface area contributed by atoms with Crippen molar-refractivity contribution in [2.75, 3.05) is 5.32 Å². The van der Waals surface area contributed by atoms with E-state index in [9.17, 15) is 9.59 Å². The third-order valence-corrected chi connectivity index (χ3v) is 6.51. The van der Waals surface area contributed by atoms with Crippen LogP contribution in [0.3, 0.4) is 0 Å². The molecule has 0 radical (unpaired) electrons. The van der Waals surface area contributed by atoms with Gasteiger partial charge in [0.2, 0.25) is 0 Å².